The molecule has 0 bridgehead atoms. The molecule has 0 atom stereocenters. The van der Waals surface area contributed by atoms with Gasteiger partial charge in [-0.05, 0) is 36.8 Å². The molecule has 1 aromatic heterocycles. The van der Waals surface area contributed by atoms with E-state index < -0.39 is 5.91 Å². The maximum atomic E-state index is 12.6. The van der Waals surface area contributed by atoms with Gasteiger partial charge in [0.1, 0.15) is 11.5 Å². The summed E-state index contributed by atoms with van der Waals surface area (Å²) in [6, 6.07) is 20.3. The number of carbonyl (C=O) groups excluding carboxylic acids is 2. The highest BCUT2D eigenvalue weighted by atomic mass is 16.5. The van der Waals surface area contributed by atoms with Gasteiger partial charge < -0.3 is 19.8 Å². The molecule has 1 heterocycles. The average Bonchev–Trinajstić information content (AvgIpc) is 3.27. The number of ether oxygens (including phenoxy) is 1. The molecule has 0 aliphatic heterocycles. The van der Waals surface area contributed by atoms with Crippen LogP contribution in [0.2, 0.25) is 0 Å². The maximum Gasteiger partial charge on any atom is 0.268 e. The molecule has 2 N–H and O–H groups in total. The van der Waals surface area contributed by atoms with E-state index in [4.69, 9.17) is 9.15 Å². The Labute approximate surface area is 175 Å². The second-order valence-corrected chi connectivity index (χ2v) is 6.69. The van der Waals surface area contributed by atoms with Crippen molar-refractivity contribution in [2.45, 2.75) is 13.5 Å². The fraction of sp³-hybridized carbons (Fsp3) is 0.167. The lowest BCUT2D eigenvalue weighted by Gasteiger charge is -2.11. The lowest BCUT2D eigenvalue weighted by molar-refractivity contribution is -0.118. The minimum absolute atomic E-state index is 0.0959. The van der Waals surface area contributed by atoms with Crippen LogP contribution in [0.1, 0.15) is 27.2 Å². The van der Waals surface area contributed by atoms with Crippen LogP contribution in [0.15, 0.2) is 83.1 Å². The second-order valence-electron chi connectivity index (χ2n) is 6.69. The predicted molar refractivity (Wildman–Crippen MR) is 114 cm³/mol. The molecule has 0 radical (unpaired) electrons. The second kappa shape index (κ2) is 10.8. The zero-order valence-electron chi connectivity index (χ0n) is 16.8. The molecule has 0 aliphatic rings. The Bertz CT molecular complexity index is 978. The summed E-state index contributed by atoms with van der Waals surface area (Å²) < 4.78 is 10.9. The molecule has 2 aromatic carbocycles. The largest absolute Gasteiger partial charge is 0.465 e. The van der Waals surface area contributed by atoms with Crippen molar-refractivity contribution in [3.8, 4) is 0 Å². The van der Waals surface area contributed by atoms with Gasteiger partial charge in [0.05, 0.1) is 19.5 Å². The molecule has 2 amide bonds. The van der Waals surface area contributed by atoms with Gasteiger partial charge in [-0.3, -0.25) is 9.59 Å². The third-order valence-corrected chi connectivity index (χ3v) is 4.28. The van der Waals surface area contributed by atoms with Gasteiger partial charge in [0, 0.05) is 18.2 Å². The Balaban J connectivity index is 1.57. The van der Waals surface area contributed by atoms with Crippen LogP contribution in [0.4, 0.5) is 0 Å². The lowest BCUT2D eigenvalue weighted by Crippen LogP contribution is -2.36. The maximum absolute atomic E-state index is 12.6. The van der Waals surface area contributed by atoms with Crippen LogP contribution in [-0.4, -0.2) is 25.0 Å². The quantitative estimate of drug-likeness (QED) is 0.421. The van der Waals surface area contributed by atoms with Crippen molar-refractivity contribution in [3.63, 3.8) is 0 Å². The zero-order valence-corrected chi connectivity index (χ0v) is 16.8. The van der Waals surface area contributed by atoms with Crippen molar-refractivity contribution in [1.82, 2.24) is 10.6 Å². The normalized spacial score (nSPS) is 11.2. The fourth-order valence-corrected chi connectivity index (χ4v) is 2.67. The fourth-order valence-electron chi connectivity index (χ4n) is 2.67. The number of aryl methyl sites for hydroxylation is 1. The summed E-state index contributed by atoms with van der Waals surface area (Å²) >= 11 is 0. The van der Waals surface area contributed by atoms with Crippen LogP contribution in [0.5, 0.6) is 0 Å². The topological polar surface area (TPSA) is 80.6 Å². The molecule has 6 nitrogen and oxygen atoms in total. The van der Waals surface area contributed by atoms with Gasteiger partial charge >= 0.3 is 0 Å². The molecule has 30 heavy (non-hydrogen) atoms. The molecule has 0 spiro atoms. The third kappa shape index (κ3) is 6.46. The van der Waals surface area contributed by atoms with Crippen molar-refractivity contribution in [2.24, 2.45) is 0 Å². The molecule has 3 rings (SSSR count). The van der Waals surface area contributed by atoms with Crippen molar-refractivity contribution in [2.75, 3.05) is 13.2 Å². The van der Waals surface area contributed by atoms with Crippen LogP contribution in [-0.2, 0) is 16.1 Å². The van der Waals surface area contributed by atoms with E-state index in [2.05, 4.69) is 10.6 Å². The molecule has 0 fully saturated rings. The standard InChI is InChI=1S/C24H24N2O4/c1-18-9-11-20(12-10-18)23(27)26-22(16-21-8-5-14-30-21)24(28)25-13-15-29-17-19-6-3-2-4-7-19/h2-12,14,16H,13,15,17H2,1H3,(H,25,28)(H,26,27)/b22-16-. The smallest absolute Gasteiger partial charge is 0.268 e. The lowest BCUT2D eigenvalue weighted by atomic mass is 10.1. The summed E-state index contributed by atoms with van der Waals surface area (Å²) in [5.41, 5.74) is 2.67. The van der Waals surface area contributed by atoms with E-state index in [0.717, 1.165) is 11.1 Å². The summed E-state index contributed by atoms with van der Waals surface area (Å²) in [5, 5.41) is 5.43. The molecule has 0 saturated carbocycles. The Morgan fingerprint density at radius 1 is 1.00 bits per heavy atom. The number of hydrogen-bond donors (Lipinski definition) is 2. The third-order valence-electron chi connectivity index (χ3n) is 4.28. The van der Waals surface area contributed by atoms with E-state index in [1.807, 2.05) is 49.4 Å². The van der Waals surface area contributed by atoms with Crippen molar-refractivity contribution < 1.29 is 18.7 Å². The molecule has 0 unspecified atom stereocenters. The zero-order chi connectivity index (χ0) is 21.2. The van der Waals surface area contributed by atoms with Gasteiger partial charge in [-0.1, -0.05) is 48.0 Å². The van der Waals surface area contributed by atoms with Gasteiger partial charge in [0.15, 0.2) is 0 Å². The number of benzene rings is 2. The Morgan fingerprint density at radius 3 is 2.47 bits per heavy atom. The van der Waals surface area contributed by atoms with Crippen LogP contribution in [0.3, 0.4) is 0 Å². The minimum atomic E-state index is -0.421. The molecule has 0 aliphatic carbocycles. The van der Waals surface area contributed by atoms with Gasteiger partial charge in [0.25, 0.3) is 11.8 Å². The summed E-state index contributed by atoms with van der Waals surface area (Å²) in [5.74, 6) is -0.330. The van der Waals surface area contributed by atoms with Gasteiger partial charge in [-0.2, -0.15) is 0 Å². The van der Waals surface area contributed by atoms with E-state index in [0.29, 0.717) is 31.1 Å². The van der Waals surface area contributed by atoms with E-state index in [1.54, 1.807) is 24.3 Å². The summed E-state index contributed by atoms with van der Waals surface area (Å²) in [7, 11) is 0. The molecule has 0 saturated heterocycles. The number of furan rings is 1. The van der Waals surface area contributed by atoms with E-state index >= 15 is 0 Å². The highest BCUT2D eigenvalue weighted by Crippen LogP contribution is 2.09. The average molecular weight is 404 g/mol. The Morgan fingerprint density at radius 2 is 1.77 bits per heavy atom. The van der Waals surface area contributed by atoms with Crippen molar-refractivity contribution in [3.05, 3.63) is 101 Å². The van der Waals surface area contributed by atoms with Gasteiger partial charge in [-0.15, -0.1) is 0 Å². The minimum Gasteiger partial charge on any atom is -0.465 e. The van der Waals surface area contributed by atoms with E-state index in [1.165, 1.54) is 12.3 Å². The Kier molecular flexibility index (Phi) is 7.58. The first-order chi connectivity index (χ1) is 14.6. The van der Waals surface area contributed by atoms with Crippen LogP contribution < -0.4 is 10.6 Å². The van der Waals surface area contributed by atoms with Crippen molar-refractivity contribution >= 4 is 17.9 Å². The SMILES string of the molecule is Cc1ccc(C(=O)N/C(=C\c2ccco2)C(=O)NCCOCc2ccccc2)cc1. The van der Waals surface area contributed by atoms with Crippen LogP contribution >= 0.6 is 0 Å². The van der Waals surface area contributed by atoms with E-state index in [9.17, 15) is 9.59 Å². The first-order valence-corrected chi connectivity index (χ1v) is 9.65. The predicted octanol–water partition coefficient (Wildman–Crippen LogP) is 3.69. The number of amides is 2. The summed E-state index contributed by atoms with van der Waals surface area (Å²) in [6.45, 7) is 3.06. The summed E-state index contributed by atoms with van der Waals surface area (Å²) in [4.78, 5) is 25.2. The first-order valence-electron chi connectivity index (χ1n) is 9.65. The van der Waals surface area contributed by atoms with E-state index in [-0.39, 0.29) is 11.6 Å². The first kappa shape index (κ1) is 21.1. The van der Waals surface area contributed by atoms with Gasteiger partial charge in [0.2, 0.25) is 0 Å². The Hall–Kier alpha value is -3.64. The molecular weight excluding hydrogens is 380 g/mol. The van der Waals surface area contributed by atoms with Gasteiger partial charge in [-0.25, -0.2) is 0 Å². The monoisotopic (exact) mass is 404 g/mol. The number of hydrogen-bond acceptors (Lipinski definition) is 4. The number of rotatable bonds is 9. The number of carbonyl (C=O) groups is 2. The highest BCUT2D eigenvalue weighted by Gasteiger charge is 2.15. The molecule has 154 valence electrons. The van der Waals surface area contributed by atoms with Crippen LogP contribution in [0, 0.1) is 6.92 Å². The molecule has 3 aromatic rings. The van der Waals surface area contributed by atoms with Crippen molar-refractivity contribution in [1.29, 1.82) is 0 Å². The summed E-state index contributed by atoms with van der Waals surface area (Å²) in [6.07, 6.45) is 2.99. The highest BCUT2D eigenvalue weighted by molar-refractivity contribution is 6.05. The molecule has 6 heteroatoms. The van der Waals surface area contributed by atoms with Crippen LogP contribution in [0.25, 0.3) is 6.08 Å². The number of nitrogens with one attached hydrogen (secondary N) is 2. The molecular formula is C24H24N2O4.